The zero-order valence-corrected chi connectivity index (χ0v) is 16.4. The first-order chi connectivity index (χ1) is 14.0. The van der Waals surface area contributed by atoms with Crippen LogP contribution in [0, 0.1) is 0 Å². The van der Waals surface area contributed by atoms with Crippen LogP contribution in [0.2, 0.25) is 0 Å². The van der Waals surface area contributed by atoms with Gasteiger partial charge >= 0.3 is 6.09 Å². The first kappa shape index (κ1) is 20.2. The standard InChI is InChI=1S/C20H23N5O4/c1-3-29-20(28)25-12-10-24(11-13-25)18-9-8-17(22-23-18)19(27)21-16-6-4-15(5-7-16)14(2)26/h4-9H,3,10-13H2,1-2H3,(H,21,27). The molecule has 1 saturated heterocycles. The summed E-state index contributed by atoms with van der Waals surface area (Å²) >= 11 is 0. The lowest BCUT2D eigenvalue weighted by atomic mass is 10.1. The maximum atomic E-state index is 12.3. The molecule has 0 unspecified atom stereocenters. The van der Waals surface area contributed by atoms with Gasteiger partial charge in [0.15, 0.2) is 17.3 Å². The van der Waals surface area contributed by atoms with E-state index >= 15 is 0 Å². The molecule has 9 nitrogen and oxygen atoms in total. The Kier molecular flexibility index (Phi) is 6.38. The highest BCUT2D eigenvalue weighted by Crippen LogP contribution is 2.15. The van der Waals surface area contributed by atoms with E-state index < -0.39 is 0 Å². The number of aromatic nitrogens is 2. The molecule has 29 heavy (non-hydrogen) atoms. The van der Waals surface area contributed by atoms with Gasteiger partial charge in [0.2, 0.25) is 0 Å². The summed E-state index contributed by atoms with van der Waals surface area (Å²) in [6.07, 6.45) is -0.304. The van der Waals surface area contributed by atoms with Crippen molar-refractivity contribution in [3.63, 3.8) is 0 Å². The Hall–Kier alpha value is -3.49. The first-order valence-electron chi connectivity index (χ1n) is 9.40. The van der Waals surface area contributed by atoms with Crippen molar-refractivity contribution < 1.29 is 19.1 Å². The lowest BCUT2D eigenvalue weighted by molar-refractivity contribution is 0.101. The third-order valence-electron chi connectivity index (χ3n) is 4.56. The summed E-state index contributed by atoms with van der Waals surface area (Å²) in [4.78, 5) is 39.1. The first-order valence-corrected chi connectivity index (χ1v) is 9.40. The van der Waals surface area contributed by atoms with Crippen molar-refractivity contribution in [1.82, 2.24) is 15.1 Å². The fourth-order valence-electron chi connectivity index (χ4n) is 2.93. The molecule has 2 amide bonds. The summed E-state index contributed by atoms with van der Waals surface area (Å²) in [5.41, 5.74) is 1.34. The van der Waals surface area contributed by atoms with Gasteiger partial charge in [-0.2, -0.15) is 0 Å². The minimum atomic E-state index is -0.383. The summed E-state index contributed by atoms with van der Waals surface area (Å²) in [5, 5.41) is 10.9. The summed E-state index contributed by atoms with van der Waals surface area (Å²) < 4.78 is 5.01. The second-order valence-corrected chi connectivity index (χ2v) is 6.54. The smallest absolute Gasteiger partial charge is 0.409 e. The highest BCUT2D eigenvalue weighted by molar-refractivity contribution is 6.03. The predicted molar refractivity (Wildman–Crippen MR) is 107 cm³/mol. The lowest BCUT2D eigenvalue weighted by Gasteiger charge is -2.34. The normalized spacial score (nSPS) is 13.7. The lowest BCUT2D eigenvalue weighted by Crippen LogP contribution is -2.49. The number of hydrogen-bond acceptors (Lipinski definition) is 7. The van der Waals surface area contributed by atoms with Crippen molar-refractivity contribution >= 4 is 29.3 Å². The molecule has 1 aromatic carbocycles. The quantitative estimate of drug-likeness (QED) is 0.771. The van der Waals surface area contributed by atoms with Crippen molar-refractivity contribution in [2.24, 2.45) is 0 Å². The number of ether oxygens (including phenoxy) is 1. The van der Waals surface area contributed by atoms with Crippen LogP contribution in [0.1, 0.15) is 34.7 Å². The fraction of sp³-hybridized carbons (Fsp3) is 0.350. The molecule has 1 N–H and O–H groups in total. The van der Waals surface area contributed by atoms with Gasteiger partial charge in [-0.1, -0.05) is 0 Å². The van der Waals surface area contributed by atoms with Crippen LogP contribution < -0.4 is 10.2 Å². The number of amides is 2. The Balaban J connectivity index is 1.56. The molecule has 0 bridgehead atoms. The molecule has 1 fully saturated rings. The monoisotopic (exact) mass is 397 g/mol. The van der Waals surface area contributed by atoms with E-state index in [2.05, 4.69) is 15.5 Å². The topological polar surface area (TPSA) is 105 Å². The Morgan fingerprint density at radius 3 is 2.24 bits per heavy atom. The molecular formula is C20H23N5O4. The van der Waals surface area contributed by atoms with Crippen LogP contribution in [-0.4, -0.2) is 65.7 Å². The van der Waals surface area contributed by atoms with E-state index in [4.69, 9.17) is 4.74 Å². The van der Waals surface area contributed by atoms with Crippen molar-refractivity contribution in [3.05, 3.63) is 47.7 Å². The maximum absolute atomic E-state index is 12.3. The van der Waals surface area contributed by atoms with Gasteiger partial charge in [0.25, 0.3) is 5.91 Å². The summed E-state index contributed by atoms with van der Waals surface area (Å²) in [6.45, 7) is 5.93. The number of nitrogens with one attached hydrogen (secondary N) is 1. The van der Waals surface area contributed by atoms with Gasteiger partial charge in [-0.3, -0.25) is 9.59 Å². The summed E-state index contributed by atoms with van der Waals surface area (Å²) in [7, 11) is 0. The van der Waals surface area contributed by atoms with Crippen LogP contribution in [0.15, 0.2) is 36.4 Å². The number of ketones is 1. The van der Waals surface area contributed by atoms with E-state index in [0.717, 1.165) is 0 Å². The molecule has 0 radical (unpaired) electrons. The molecule has 1 aliphatic heterocycles. The van der Waals surface area contributed by atoms with Crippen LogP contribution in [-0.2, 0) is 4.74 Å². The Labute approximate surface area is 168 Å². The number of hydrogen-bond donors (Lipinski definition) is 1. The van der Waals surface area contributed by atoms with Gasteiger partial charge in [0, 0.05) is 37.4 Å². The third kappa shape index (κ3) is 5.07. The molecule has 0 spiro atoms. The van der Waals surface area contributed by atoms with E-state index in [9.17, 15) is 14.4 Å². The molecule has 2 aromatic rings. The fourth-order valence-corrected chi connectivity index (χ4v) is 2.93. The highest BCUT2D eigenvalue weighted by atomic mass is 16.6. The van der Waals surface area contributed by atoms with Crippen LogP contribution in [0.4, 0.5) is 16.3 Å². The van der Waals surface area contributed by atoms with Gasteiger partial charge in [0.1, 0.15) is 0 Å². The predicted octanol–water partition coefficient (Wildman–Crippen LogP) is 2.21. The number of nitrogens with zero attached hydrogens (tertiary/aromatic N) is 4. The van der Waals surface area contributed by atoms with Crippen LogP contribution in [0.5, 0.6) is 0 Å². The molecule has 0 aliphatic carbocycles. The van der Waals surface area contributed by atoms with Gasteiger partial charge in [0.05, 0.1) is 6.61 Å². The van der Waals surface area contributed by atoms with Crippen molar-refractivity contribution in [2.75, 3.05) is 43.0 Å². The third-order valence-corrected chi connectivity index (χ3v) is 4.56. The van der Waals surface area contributed by atoms with E-state index in [1.165, 1.54) is 6.92 Å². The van der Waals surface area contributed by atoms with E-state index in [-0.39, 0.29) is 23.5 Å². The second kappa shape index (κ2) is 9.13. The number of rotatable bonds is 5. The minimum Gasteiger partial charge on any atom is -0.450 e. The van der Waals surface area contributed by atoms with E-state index in [0.29, 0.717) is 49.9 Å². The number of carbonyl (C=O) groups is 3. The van der Waals surface area contributed by atoms with Crippen LogP contribution in [0.3, 0.4) is 0 Å². The average Bonchev–Trinajstić information content (AvgIpc) is 2.74. The van der Waals surface area contributed by atoms with E-state index in [1.54, 1.807) is 48.2 Å². The van der Waals surface area contributed by atoms with Crippen molar-refractivity contribution in [2.45, 2.75) is 13.8 Å². The summed E-state index contributed by atoms with van der Waals surface area (Å²) in [5.74, 6) is 0.232. The number of carbonyl (C=O) groups excluding carboxylic acids is 3. The van der Waals surface area contributed by atoms with Crippen LogP contribution >= 0.6 is 0 Å². The zero-order valence-electron chi connectivity index (χ0n) is 16.4. The number of Topliss-reactive ketones (excluding diaryl/α,β-unsaturated/α-hetero) is 1. The number of benzene rings is 1. The van der Waals surface area contributed by atoms with Gasteiger partial charge in [-0.25, -0.2) is 4.79 Å². The van der Waals surface area contributed by atoms with Crippen molar-refractivity contribution in [1.29, 1.82) is 0 Å². The van der Waals surface area contributed by atoms with Gasteiger partial charge in [-0.05, 0) is 50.2 Å². The second-order valence-electron chi connectivity index (χ2n) is 6.54. The van der Waals surface area contributed by atoms with Gasteiger partial charge < -0.3 is 19.9 Å². The molecule has 0 saturated carbocycles. The molecule has 0 atom stereocenters. The molecule has 1 aromatic heterocycles. The van der Waals surface area contributed by atoms with Gasteiger partial charge in [-0.15, -0.1) is 10.2 Å². The molecular weight excluding hydrogens is 374 g/mol. The minimum absolute atomic E-state index is 0.0348. The Morgan fingerprint density at radius 1 is 1.00 bits per heavy atom. The summed E-state index contributed by atoms with van der Waals surface area (Å²) in [6, 6.07) is 9.99. The van der Waals surface area contributed by atoms with Crippen molar-refractivity contribution in [3.8, 4) is 0 Å². The number of piperazine rings is 1. The van der Waals surface area contributed by atoms with Crippen LogP contribution in [0.25, 0.3) is 0 Å². The Morgan fingerprint density at radius 2 is 1.69 bits per heavy atom. The highest BCUT2D eigenvalue weighted by Gasteiger charge is 2.23. The number of anilines is 2. The molecule has 1 aliphatic rings. The largest absolute Gasteiger partial charge is 0.450 e. The SMILES string of the molecule is CCOC(=O)N1CCN(c2ccc(C(=O)Nc3ccc(C(C)=O)cc3)nn2)CC1. The molecule has 152 valence electrons. The average molecular weight is 397 g/mol. The molecule has 9 heteroatoms. The molecule has 3 rings (SSSR count). The zero-order chi connectivity index (χ0) is 20.8. The Bertz CT molecular complexity index is 875. The maximum Gasteiger partial charge on any atom is 0.409 e. The van der Waals surface area contributed by atoms with E-state index in [1.807, 2.05) is 4.90 Å². The molecule has 2 heterocycles.